The number of hydrogen-bond donors (Lipinski definition) is 3. The molecule has 0 saturated carbocycles. The summed E-state index contributed by atoms with van der Waals surface area (Å²) in [6.45, 7) is 0. The van der Waals surface area contributed by atoms with E-state index < -0.39 is 0 Å². The van der Waals surface area contributed by atoms with E-state index in [9.17, 15) is 4.79 Å². The highest BCUT2D eigenvalue weighted by Crippen LogP contribution is 2.23. The summed E-state index contributed by atoms with van der Waals surface area (Å²) in [5.74, 6) is 0.302. The fourth-order valence-electron chi connectivity index (χ4n) is 1.79. The van der Waals surface area contributed by atoms with Gasteiger partial charge in [-0.2, -0.15) is 0 Å². The monoisotopic (exact) mass is 285 g/mol. The topological polar surface area (TPSA) is 96.9 Å². The summed E-state index contributed by atoms with van der Waals surface area (Å²) in [5, 5.41) is 14.3. The third-order valence-electron chi connectivity index (χ3n) is 2.91. The molecule has 0 fully saturated rings. The fourth-order valence-corrected chi connectivity index (χ4v) is 1.79. The number of ether oxygens (including phenoxy) is 1. The molecule has 108 valence electrons. The molecular formula is C15H15N3O3. The van der Waals surface area contributed by atoms with Crippen LogP contribution in [0.15, 0.2) is 53.7 Å². The van der Waals surface area contributed by atoms with E-state index in [1.54, 1.807) is 42.5 Å². The van der Waals surface area contributed by atoms with Gasteiger partial charge in [-0.1, -0.05) is 29.4 Å². The summed E-state index contributed by atoms with van der Waals surface area (Å²) in [5.41, 5.74) is 7.04. The van der Waals surface area contributed by atoms with Crippen LogP contribution in [-0.4, -0.2) is 24.1 Å². The van der Waals surface area contributed by atoms with Gasteiger partial charge in [0.15, 0.2) is 5.84 Å². The molecule has 21 heavy (non-hydrogen) atoms. The smallest absolute Gasteiger partial charge is 0.255 e. The molecule has 1 amide bonds. The average molecular weight is 285 g/mol. The van der Waals surface area contributed by atoms with Gasteiger partial charge in [0.05, 0.1) is 12.8 Å². The first-order valence-electron chi connectivity index (χ1n) is 6.18. The van der Waals surface area contributed by atoms with Crippen LogP contribution in [0.4, 0.5) is 5.69 Å². The zero-order valence-electron chi connectivity index (χ0n) is 11.4. The highest BCUT2D eigenvalue weighted by atomic mass is 16.5. The minimum absolute atomic E-state index is 0.00770. The molecule has 0 radical (unpaired) electrons. The van der Waals surface area contributed by atoms with Crippen LogP contribution in [0.5, 0.6) is 5.75 Å². The summed E-state index contributed by atoms with van der Waals surface area (Å²) in [7, 11) is 1.54. The van der Waals surface area contributed by atoms with Gasteiger partial charge in [0, 0.05) is 11.1 Å². The van der Waals surface area contributed by atoms with Crippen molar-refractivity contribution in [3.63, 3.8) is 0 Å². The van der Waals surface area contributed by atoms with Crippen molar-refractivity contribution in [2.24, 2.45) is 10.9 Å². The Morgan fingerprint density at radius 1 is 1.14 bits per heavy atom. The number of carbonyl (C=O) groups is 1. The Bertz CT molecular complexity index is 666. The molecule has 0 atom stereocenters. The van der Waals surface area contributed by atoms with Crippen molar-refractivity contribution >= 4 is 17.4 Å². The van der Waals surface area contributed by atoms with Crippen molar-refractivity contribution in [3.8, 4) is 5.75 Å². The number of nitrogens with one attached hydrogen (secondary N) is 1. The van der Waals surface area contributed by atoms with Crippen LogP contribution in [0.3, 0.4) is 0 Å². The molecule has 6 nitrogen and oxygen atoms in total. The maximum Gasteiger partial charge on any atom is 0.255 e. The second-order valence-electron chi connectivity index (χ2n) is 4.22. The number of anilines is 1. The van der Waals surface area contributed by atoms with E-state index in [1.165, 1.54) is 7.11 Å². The molecule has 0 aliphatic carbocycles. The van der Waals surface area contributed by atoms with Crippen molar-refractivity contribution < 1.29 is 14.7 Å². The second-order valence-corrected chi connectivity index (χ2v) is 4.22. The molecule has 0 heterocycles. The van der Waals surface area contributed by atoms with E-state index in [1.807, 2.05) is 6.07 Å². The molecule has 2 rings (SSSR count). The van der Waals surface area contributed by atoms with Crippen LogP contribution in [0.2, 0.25) is 0 Å². The molecule has 0 aliphatic heterocycles. The first-order chi connectivity index (χ1) is 10.2. The molecule has 0 bridgehead atoms. The zero-order chi connectivity index (χ0) is 15.2. The average Bonchev–Trinajstić information content (AvgIpc) is 2.54. The first kappa shape index (κ1) is 14.4. The summed E-state index contributed by atoms with van der Waals surface area (Å²) in [4.78, 5) is 12.2. The zero-order valence-corrected chi connectivity index (χ0v) is 11.4. The lowest BCUT2D eigenvalue weighted by Crippen LogP contribution is -2.15. The van der Waals surface area contributed by atoms with Gasteiger partial charge < -0.3 is 21.0 Å². The third kappa shape index (κ3) is 3.30. The number of rotatable bonds is 4. The van der Waals surface area contributed by atoms with Crippen LogP contribution < -0.4 is 15.8 Å². The van der Waals surface area contributed by atoms with Crippen LogP contribution in [0.1, 0.15) is 15.9 Å². The standard InChI is InChI=1S/C15H15N3O3/c1-21-13-5-3-2-4-12(13)17-15(19)11-8-6-10(7-9-11)14(16)18-20/h2-9,20H,1H3,(H2,16,18)(H,17,19). The van der Waals surface area contributed by atoms with E-state index in [0.29, 0.717) is 22.6 Å². The van der Waals surface area contributed by atoms with Crippen molar-refractivity contribution in [1.29, 1.82) is 0 Å². The van der Waals surface area contributed by atoms with E-state index in [-0.39, 0.29) is 11.7 Å². The molecule has 2 aromatic carbocycles. The van der Waals surface area contributed by atoms with Gasteiger partial charge in [0.25, 0.3) is 5.91 Å². The number of hydrogen-bond acceptors (Lipinski definition) is 4. The molecule has 0 saturated heterocycles. The largest absolute Gasteiger partial charge is 0.495 e. The maximum absolute atomic E-state index is 12.2. The lowest BCUT2D eigenvalue weighted by molar-refractivity contribution is 0.102. The number of methoxy groups -OCH3 is 1. The van der Waals surface area contributed by atoms with Crippen molar-refractivity contribution in [2.75, 3.05) is 12.4 Å². The first-order valence-corrected chi connectivity index (χ1v) is 6.18. The summed E-state index contributed by atoms with van der Waals surface area (Å²) >= 11 is 0. The molecular weight excluding hydrogens is 270 g/mol. The Hall–Kier alpha value is -3.02. The number of nitrogens with two attached hydrogens (primary N) is 1. The molecule has 4 N–H and O–H groups in total. The Labute approximate surface area is 121 Å². The summed E-state index contributed by atoms with van der Waals surface area (Å²) in [6, 6.07) is 13.5. The van der Waals surface area contributed by atoms with Crippen molar-refractivity contribution in [2.45, 2.75) is 0 Å². The van der Waals surface area contributed by atoms with Gasteiger partial charge in [0.2, 0.25) is 0 Å². The highest BCUT2D eigenvalue weighted by Gasteiger charge is 2.09. The number of para-hydroxylation sites is 2. The minimum Gasteiger partial charge on any atom is -0.495 e. The quantitative estimate of drug-likeness (QED) is 0.346. The number of oxime groups is 1. The molecule has 0 unspecified atom stereocenters. The Kier molecular flexibility index (Phi) is 4.40. The molecule has 6 heteroatoms. The normalized spacial score (nSPS) is 11.0. The predicted octanol–water partition coefficient (Wildman–Crippen LogP) is 2.04. The van der Waals surface area contributed by atoms with Gasteiger partial charge >= 0.3 is 0 Å². The van der Waals surface area contributed by atoms with Crippen LogP contribution in [-0.2, 0) is 0 Å². The maximum atomic E-state index is 12.2. The van der Waals surface area contributed by atoms with Crippen LogP contribution >= 0.6 is 0 Å². The number of amides is 1. The van der Waals surface area contributed by atoms with Gasteiger partial charge in [-0.25, -0.2) is 0 Å². The Morgan fingerprint density at radius 2 is 1.76 bits per heavy atom. The fraction of sp³-hybridized carbons (Fsp3) is 0.0667. The summed E-state index contributed by atoms with van der Waals surface area (Å²) in [6.07, 6.45) is 0. The lowest BCUT2D eigenvalue weighted by atomic mass is 10.1. The van der Waals surface area contributed by atoms with Crippen molar-refractivity contribution in [3.05, 3.63) is 59.7 Å². The van der Waals surface area contributed by atoms with E-state index in [2.05, 4.69) is 10.5 Å². The molecule has 2 aromatic rings. The van der Waals surface area contributed by atoms with Crippen molar-refractivity contribution in [1.82, 2.24) is 0 Å². The SMILES string of the molecule is COc1ccccc1NC(=O)c1ccc(/C(N)=N/O)cc1. The van der Waals surface area contributed by atoms with Gasteiger partial charge in [0.1, 0.15) is 5.75 Å². The number of nitrogens with zero attached hydrogens (tertiary/aromatic N) is 1. The summed E-state index contributed by atoms with van der Waals surface area (Å²) < 4.78 is 5.17. The second kappa shape index (κ2) is 6.42. The van der Waals surface area contributed by atoms with Crippen LogP contribution in [0.25, 0.3) is 0 Å². The highest BCUT2D eigenvalue weighted by molar-refractivity contribution is 6.06. The van der Waals surface area contributed by atoms with Gasteiger partial charge in [-0.15, -0.1) is 0 Å². The number of amidine groups is 1. The van der Waals surface area contributed by atoms with E-state index >= 15 is 0 Å². The van der Waals surface area contributed by atoms with E-state index in [4.69, 9.17) is 15.7 Å². The van der Waals surface area contributed by atoms with E-state index in [0.717, 1.165) is 0 Å². The van der Waals surface area contributed by atoms with Gasteiger partial charge in [-0.05, 0) is 24.3 Å². The van der Waals surface area contributed by atoms with Gasteiger partial charge in [-0.3, -0.25) is 4.79 Å². The van der Waals surface area contributed by atoms with Crippen LogP contribution in [0, 0.1) is 0 Å². The number of carbonyl (C=O) groups excluding carboxylic acids is 1. The minimum atomic E-state index is -0.273. The molecule has 0 spiro atoms. The Morgan fingerprint density at radius 3 is 2.38 bits per heavy atom. The Balaban J connectivity index is 2.17. The lowest BCUT2D eigenvalue weighted by Gasteiger charge is -2.10. The molecule has 0 aliphatic rings. The predicted molar refractivity (Wildman–Crippen MR) is 79.9 cm³/mol. The third-order valence-corrected chi connectivity index (χ3v) is 2.91. The molecule has 0 aromatic heterocycles. The number of benzene rings is 2.